The van der Waals surface area contributed by atoms with E-state index in [0.717, 1.165) is 13.0 Å². The fraction of sp³-hybridized carbons (Fsp3) is 0.400. The first-order chi connectivity index (χ1) is 6.72. The lowest BCUT2D eigenvalue weighted by atomic mass is 10.3. The van der Waals surface area contributed by atoms with E-state index >= 15 is 0 Å². The molecule has 0 aliphatic heterocycles. The fourth-order valence-electron chi connectivity index (χ4n) is 1.14. The number of hydrogen-bond donors (Lipinski definition) is 1. The first-order valence-electron chi connectivity index (χ1n) is 4.59. The molecule has 1 rings (SSSR count). The Bertz CT molecular complexity index is 337. The predicted octanol–water partition coefficient (Wildman–Crippen LogP) is 0.374. The van der Waals surface area contributed by atoms with Gasteiger partial charge in [0.2, 0.25) is 5.91 Å². The Labute approximate surface area is 82.6 Å². The van der Waals surface area contributed by atoms with Gasteiger partial charge in [-0.1, -0.05) is 0 Å². The molecule has 0 saturated carbocycles. The highest BCUT2D eigenvalue weighted by molar-refractivity contribution is 5.75. The van der Waals surface area contributed by atoms with Crippen LogP contribution in [0, 0.1) is 0 Å². The zero-order chi connectivity index (χ0) is 10.4. The van der Waals surface area contributed by atoms with Crippen LogP contribution < -0.4 is 10.7 Å². The number of carbonyl (C=O) groups excluding carboxylic acids is 1. The van der Waals surface area contributed by atoms with E-state index in [1.165, 1.54) is 12.1 Å². The largest absolute Gasteiger partial charge is 0.359 e. The van der Waals surface area contributed by atoms with Gasteiger partial charge in [0.05, 0.1) is 0 Å². The third kappa shape index (κ3) is 3.43. The number of aromatic nitrogens is 1. The lowest BCUT2D eigenvalue weighted by Gasteiger charge is -2.04. The highest BCUT2D eigenvalue weighted by atomic mass is 16.1. The molecule has 0 fully saturated rings. The molecule has 1 amide bonds. The molecule has 0 aromatic carbocycles. The SMILES string of the molecule is CNC(=O)CCCn1ccc(=O)cc1. The summed E-state index contributed by atoms with van der Waals surface area (Å²) < 4.78 is 1.89. The van der Waals surface area contributed by atoms with Gasteiger partial charge in [0.15, 0.2) is 5.43 Å². The monoisotopic (exact) mass is 194 g/mol. The molecule has 4 nitrogen and oxygen atoms in total. The van der Waals surface area contributed by atoms with Crippen molar-refractivity contribution in [3.63, 3.8) is 0 Å². The van der Waals surface area contributed by atoms with E-state index < -0.39 is 0 Å². The van der Waals surface area contributed by atoms with Crippen LogP contribution in [0.4, 0.5) is 0 Å². The van der Waals surface area contributed by atoms with Gasteiger partial charge in [-0.25, -0.2) is 0 Å². The maximum Gasteiger partial charge on any atom is 0.219 e. The summed E-state index contributed by atoms with van der Waals surface area (Å²) in [5.74, 6) is 0.0473. The van der Waals surface area contributed by atoms with Gasteiger partial charge in [0.1, 0.15) is 0 Å². The van der Waals surface area contributed by atoms with Crippen molar-refractivity contribution in [1.29, 1.82) is 0 Å². The smallest absolute Gasteiger partial charge is 0.219 e. The van der Waals surface area contributed by atoms with Gasteiger partial charge in [-0.3, -0.25) is 9.59 Å². The molecule has 14 heavy (non-hydrogen) atoms. The van der Waals surface area contributed by atoms with Gasteiger partial charge >= 0.3 is 0 Å². The van der Waals surface area contributed by atoms with Crippen molar-refractivity contribution in [2.75, 3.05) is 7.05 Å². The number of amides is 1. The van der Waals surface area contributed by atoms with Crippen LogP contribution in [0.15, 0.2) is 29.3 Å². The zero-order valence-electron chi connectivity index (χ0n) is 8.19. The molecule has 1 N–H and O–H groups in total. The number of carbonyl (C=O) groups is 1. The molecule has 0 radical (unpaired) electrons. The quantitative estimate of drug-likeness (QED) is 0.753. The molecule has 1 aromatic rings. The Morgan fingerprint density at radius 1 is 1.43 bits per heavy atom. The van der Waals surface area contributed by atoms with Crippen molar-refractivity contribution in [2.24, 2.45) is 0 Å². The summed E-state index contributed by atoms with van der Waals surface area (Å²) in [7, 11) is 1.63. The van der Waals surface area contributed by atoms with Crippen LogP contribution in [0.1, 0.15) is 12.8 Å². The summed E-state index contributed by atoms with van der Waals surface area (Å²) in [6, 6.07) is 3.03. The summed E-state index contributed by atoms with van der Waals surface area (Å²) in [6.45, 7) is 0.758. The van der Waals surface area contributed by atoms with Crippen molar-refractivity contribution in [2.45, 2.75) is 19.4 Å². The number of pyridine rings is 1. The highest BCUT2D eigenvalue weighted by Gasteiger charge is 1.96. The number of hydrogen-bond acceptors (Lipinski definition) is 2. The summed E-state index contributed by atoms with van der Waals surface area (Å²) in [5.41, 5.74) is 0.00699. The van der Waals surface area contributed by atoms with Crippen LogP contribution >= 0.6 is 0 Å². The topological polar surface area (TPSA) is 51.1 Å². The first kappa shape index (κ1) is 10.5. The zero-order valence-corrected chi connectivity index (χ0v) is 8.19. The van der Waals surface area contributed by atoms with Crippen LogP contribution in [-0.2, 0) is 11.3 Å². The molecule has 0 aliphatic rings. The molecule has 1 aromatic heterocycles. The Morgan fingerprint density at radius 3 is 2.64 bits per heavy atom. The Hall–Kier alpha value is -1.58. The van der Waals surface area contributed by atoms with Gasteiger partial charge < -0.3 is 9.88 Å². The Kier molecular flexibility index (Phi) is 3.91. The summed E-state index contributed by atoms with van der Waals surface area (Å²) in [4.78, 5) is 21.7. The maximum absolute atomic E-state index is 10.9. The van der Waals surface area contributed by atoms with E-state index in [4.69, 9.17) is 0 Å². The molecule has 0 saturated heterocycles. The van der Waals surface area contributed by atoms with Crippen molar-refractivity contribution < 1.29 is 4.79 Å². The minimum absolute atomic E-state index is 0.00699. The number of nitrogens with zero attached hydrogens (tertiary/aromatic N) is 1. The third-order valence-electron chi connectivity index (χ3n) is 1.96. The summed E-state index contributed by atoms with van der Waals surface area (Å²) >= 11 is 0. The van der Waals surface area contributed by atoms with Gasteiger partial charge in [-0.15, -0.1) is 0 Å². The number of rotatable bonds is 4. The molecule has 0 aliphatic carbocycles. The van der Waals surface area contributed by atoms with Gasteiger partial charge in [0, 0.05) is 44.5 Å². The van der Waals surface area contributed by atoms with Crippen LogP contribution in [0.3, 0.4) is 0 Å². The van der Waals surface area contributed by atoms with Crippen molar-refractivity contribution in [3.8, 4) is 0 Å². The molecule has 4 heteroatoms. The fourth-order valence-corrected chi connectivity index (χ4v) is 1.14. The van der Waals surface area contributed by atoms with E-state index in [9.17, 15) is 9.59 Å². The molecule has 0 unspecified atom stereocenters. The molecular formula is C10H14N2O2. The van der Waals surface area contributed by atoms with E-state index in [0.29, 0.717) is 6.42 Å². The first-order valence-corrected chi connectivity index (χ1v) is 4.59. The average Bonchev–Trinajstić information content (AvgIpc) is 2.21. The maximum atomic E-state index is 10.9. The van der Waals surface area contributed by atoms with Crippen LogP contribution in [0.5, 0.6) is 0 Å². The van der Waals surface area contributed by atoms with E-state index in [2.05, 4.69) is 5.32 Å². The molecule has 0 atom stereocenters. The minimum atomic E-state index is 0.00699. The van der Waals surface area contributed by atoms with E-state index in [1.807, 2.05) is 4.57 Å². The molecule has 1 heterocycles. The van der Waals surface area contributed by atoms with Gasteiger partial charge in [-0.05, 0) is 6.42 Å². The Morgan fingerprint density at radius 2 is 2.07 bits per heavy atom. The number of aryl methyl sites for hydroxylation is 1. The standard InChI is InChI=1S/C10H14N2O2/c1-11-10(14)3-2-6-12-7-4-9(13)5-8-12/h4-5,7-8H,2-3,6H2,1H3,(H,11,14). The lowest BCUT2D eigenvalue weighted by Crippen LogP contribution is -2.17. The second-order valence-corrected chi connectivity index (χ2v) is 3.05. The number of nitrogens with one attached hydrogen (secondary N) is 1. The van der Waals surface area contributed by atoms with Crippen LogP contribution in [0.2, 0.25) is 0 Å². The molecule has 76 valence electrons. The second-order valence-electron chi connectivity index (χ2n) is 3.05. The van der Waals surface area contributed by atoms with Crippen molar-refractivity contribution >= 4 is 5.91 Å². The van der Waals surface area contributed by atoms with E-state index in [-0.39, 0.29) is 11.3 Å². The summed E-state index contributed by atoms with van der Waals surface area (Å²) in [5, 5.41) is 2.56. The normalized spacial score (nSPS) is 9.79. The van der Waals surface area contributed by atoms with E-state index in [1.54, 1.807) is 19.4 Å². The molecule has 0 bridgehead atoms. The lowest BCUT2D eigenvalue weighted by molar-refractivity contribution is -0.120. The minimum Gasteiger partial charge on any atom is -0.359 e. The van der Waals surface area contributed by atoms with Crippen molar-refractivity contribution in [1.82, 2.24) is 9.88 Å². The van der Waals surface area contributed by atoms with Crippen molar-refractivity contribution in [3.05, 3.63) is 34.7 Å². The summed E-state index contributed by atoms with van der Waals surface area (Å²) in [6.07, 6.45) is 4.75. The molecule has 0 spiro atoms. The molecular weight excluding hydrogens is 180 g/mol. The van der Waals surface area contributed by atoms with Crippen LogP contribution in [-0.4, -0.2) is 17.5 Å². The third-order valence-corrected chi connectivity index (χ3v) is 1.96. The van der Waals surface area contributed by atoms with Gasteiger partial charge in [0.25, 0.3) is 0 Å². The Balaban J connectivity index is 2.35. The average molecular weight is 194 g/mol. The highest BCUT2D eigenvalue weighted by Crippen LogP contribution is 1.94. The van der Waals surface area contributed by atoms with Crippen LogP contribution in [0.25, 0.3) is 0 Å². The second kappa shape index (κ2) is 5.21. The van der Waals surface area contributed by atoms with Gasteiger partial charge in [-0.2, -0.15) is 0 Å². The predicted molar refractivity (Wildman–Crippen MR) is 54.0 cm³/mol.